The number of aromatic nitrogens is 2. The molecule has 1 heterocycles. The molecule has 0 saturated carbocycles. The lowest BCUT2D eigenvalue weighted by atomic mass is 10.1. The summed E-state index contributed by atoms with van der Waals surface area (Å²) in [5, 5.41) is 5.05. The molecule has 1 atom stereocenters. The molecular weight excluding hydrogens is 274 g/mol. The maximum Gasteiger partial charge on any atom is 0.131 e. The summed E-state index contributed by atoms with van der Waals surface area (Å²) in [5.41, 5.74) is 8.65. The molecule has 5 heteroatoms. The average molecular weight is 294 g/mol. The van der Waals surface area contributed by atoms with Crippen LogP contribution in [-0.2, 0) is 13.2 Å². The van der Waals surface area contributed by atoms with Gasteiger partial charge in [0.05, 0.1) is 16.4 Å². The van der Waals surface area contributed by atoms with Crippen molar-refractivity contribution in [2.45, 2.75) is 40.0 Å². The molecule has 0 unspecified atom stereocenters. The first-order valence-corrected chi connectivity index (χ1v) is 7.10. The molecule has 0 aliphatic carbocycles. The van der Waals surface area contributed by atoms with Gasteiger partial charge >= 0.3 is 0 Å². The Hall–Kier alpha value is -1.52. The summed E-state index contributed by atoms with van der Waals surface area (Å²) < 4.78 is 7.69. The molecule has 2 rings (SSSR count). The summed E-state index contributed by atoms with van der Waals surface area (Å²) in [6.45, 7) is 7.05. The largest absolute Gasteiger partial charge is 0.487 e. The fourth-order valence-corrected chi connectivity index (χ4v) is 2.24. The van der Waals surface area contributed by atoms with E-state index in [1.165, 1.54) is 0 Å². The van der Waals surface area contributed by atoms with E-state index in [0.29, 0.717) is 11.6 Å². The van der Waals surface area contributed by atoms with E-state index in [2.05, 4.69) is 5.10 Å². The number of nitrogens with zero attached hydrogens (tertiary/aromatic N) is 2. The van der Waals surface area contributed by atoms with Gasteiger partial charge in [0.2, 0.25) is 0 Å². The SMILES string of the molecule is CCn1nc(C)c(Cl)c1COc1cccc([C@H](C)N)c1. The highest BCUT2D eigenvalue weighted by atomic mass is 35.5. The van der Waals surface area contributed by atoms with Gasteiger partial charge in [-0.15, -0.1) is 0 Å². The van der Waals surface area contributed by atoms with Crippen molar-refractivity contribution in [2.75, 3.05) is 0 Å². The van der Waals surface area contributed by atoms with E-state index in [-0.39, 0.29) is 6.04 Å². The van der Waals surface area contributed by atoms with Gasteiger partial charge in [-0.25, -0.2) is 0 Å². The summed E-state index contributed by atoms with van der Waals surface area (Å²) in [6.07, 6.45) is 0. The molecule has 0 aliphatic heterocycles. The minimum absolute atomic E-state index is 0.00875. The summed E-state index contributed by atoms with van der Waals surface area (Å²) in [7, 11) is 0. The highest BCUT2D eigenvalue weighted by Crippen LogP contribution is 2.23. The van der Waals surface area contributed by atoms with Gasteiger partial charge in [0.1, 0.15) is 12.4 Å². The molecule has 0 saturated heterocycles. The minimum Gasteiger partial charge on any atom is -0.487 e. The van der Waals surface area contributed by atoms with E-state index in [1.54, 1.807) is 0 Å². The van der Waals surface area contributed by atoms with Crippen molar-refractivity contribution in [1.82, 2.24) is 9.78 Å². The van der Waals surface area contributed by atoms with Gasteiger partial charge in [-0.1, -0.05) is 23.7 Å². The Labute approximate surface area is 124 Å². The zero-order chi connectivity index (χ0) is 14.7. The molecule has 2 aromatic rings. The number of rotatable bonds is 5. The summed E-state index contributed by atoms with van der Waals surface area (Å²) in [5.74, 6) is 0.789. The van der Waals surface area contributed by atoms with Crippen LogP contribution in [0.15, 0.2) is 24.3 Å². The molecule has 1 aromatic carbocycles. The van der Waals surface area contributed by atoms with Gasteiger partial charge in [-0.3, -0.25) is 4.68 Å². The first kappa shape index (κ1) is 14.9. The van der Waals surface area contributed by atoms with E-state index in [0.717, 1.165) is 29.2 Å². The second-order valence-electron chi connectivity index (χ2n) is 4.81. The number of hydrogen-bond donors (Lipinski definition) is 1. The second-order valence-corrected chi connectivity index (χ2v) is 5.19. The molecule has 1 aromatic heterocycles. The molecule has 0 bridgehead atoms. The third-order valence-electron chi connectivity index (χ3n) is 3.21. The fourth-order valence-electron chi connectivity index (χ4n) is 2.05. The Kier molecular flexibility index (Phi) is 4.68. The normalized spacial score (nSPS) is 12.4. The first-order chi connectivity index (χ1) is 9.52. The van der Waals surface area contributed by atoms with Crippen molar-refractivity contribution in [3.63, 3.8) is 0 Å². The van der Waals surface area contributed by atoms with Crippen molar-refractivity contribution in [1.29, 1.82) is 0 Å². The Morgan fingerprint density at radius 1 is 1.45 bits per heavy atom. The lowest BCUT2D eigenvalue weighted by Gasteiger charge is -2.11. The molecule has 0 fully saturated rings. The van der Waals surface area contributed by atoms with Crippen molar-refractivity contribution < 1.29 is 4.74 Å². The maximum atomic E-state index is 6.26. The van der Waals surface area contributed by atoms with Crippen LogP contribution in [0.4, 0.5) is 0 Å². The van der Waals surface area contributed by atoms with Gasteiger partial charge < -0.3 is 10.5 Å². The van der Waals surface area contributed by atoms with E-state index < -0.39 is 0 Å². The molecule has 0 radical (unpaired) electrons. The van der Waals surface area contributed by atoms with Crippen molar-refractivity contribution >= 4 is 11.6 Å². The molecule has 0 amide bonds. The monoisotopic (exact) mass is 293 g/mol. The van der Waals surface area contributed by atoms with Crippen LogP contribution in [0.25, 0.3) is 0 Å². The lowest BCUT2D eigenvalue weighted by Crippen LogP contribution is -2.08. The van der Waals surface area contributed by atoms with Crippen LogP contribution in [0.3, 0.4) is 0 Å². The van der Waals surface area contributed by atoms with Crippen LogP contribution < -0.4 is 10.5 Å². The molecule has 0 spiro atoms. The highest BCUT2D eigenvalue weighted by molar-refractivity contribution is 6.31. The standard InChI is InChI=1S/C15H20ClN3O/c1-4-19-14(15(16)11(3)18-19)9-20-13-7-5-6-12(8-13)10(2)17/h5-8,10H,4,9,17H2,1-3H3/t10-/m0/s1. The number of hydrogen-bond acceptors (Lipinski definition) is 3. The summed E-state index contributed by atoms with van der Waals surface area (Å²) in [6, 6.07) is 7.80. The Bertz CT molecular complexity index is 593. The topological polar surface area (TPSA) is 53.1 Å². The quantitative estimate of drug-likeness (QED) is 0.918. The van der Waals surface area contributed by atoms with Crippen LogP contribution in [0.5, 0.6) is 5.75 Å². The number of ether oxygens (including phenoxy) is 1. The van der Waals surface area contributed by atoms with E-state index >= 15 is 0 Å². The predicted octanol–water partition coefficient (Wildman–Crippen LogP) is 3.46. The molecule has 0 aliphatic rings. The van der Waals surface area contributed by atoms with Gasteiger partial charge in [0, 0.05) is 12.6 Å². The number of halogens is 1. The summed E-state index contributed by atoms with van der Waals surface area (Å²) in [4.78, 5) is 0. The number of aryl methyl sites for hydroxylation is 2. The Balaban J connectivity index is 2.15. The lowest BCUT2D eigenvalue weighted by molar-refractivity contribution is 0.292. The number of benzene rings is 1. The van der Waals surface area contributed by atoms with Gasteiger partial charge in [-0.05, 0) is 38.5 Å². The zero-order valence-electron chi connectivity index (χ0n) is 12.1. The van der Waals surface area contributed by atoms with Crippen LogP contribution in [0, 0.1) is 6.92 Å². The molecule has 2 N–H and O–H groups in total. The van der Waals surface area contributed by atoms with Gasteiger partial charge in [0.25, 0.3) is 0 Å². The van der Waals surface area contributed by atoms with Crippen LogP contribution in [-0.4, -0.2) is 9.78 Å². The molecule has 108 valence electrons. The van der Waals surface area contributed by atoms with Gasteiger partial charge in [-0.2, -0.15) is 5.10 Å². The summed E-state index contributed by atoms with van der Waals surface area (Å²) >= 11 is 6.26. The van der Waals surface area contributed by atoms with Crippen LogP contribution >= 0.6 is 11.6 Å². The third-order valence-corrected chi connectivity index (χ3v) is 3.70. The van der Waals surface area contributed by atoms with Crippen molar-refractivity contribution in [2.24, 2.45) is 5.73 Å². The van der Waals surface area contributed by atoms with Crippen molar-refractivity contribution in [3.05, 3.63) is 46.2 Å². The van der Waals surface area contributed by atoms with E-state index in [4.69, 9.17) is 22.1 Å². The second kappa shape index (κ2) is 6.29. The fraction of sp³-hybridized carbons (Fsp3) is 0.400. The Morgan fingerprint density at radius 3 is 2.85 bits per heavy atom. The van der Waals surface area contributed by atoms with Gasteiger partial charge in [0.15, 0.2) is 0 Å². The molecule has 4 nitrogen and oxygen atoms in total. The smallest absolute Gasteiger partial charge is 0.131 e. The first-order valence-electron chi connectivity index (χ1n) is 6.73. The molecular formula is C15H20ClN3O. The van der Waals surface area contributed by atoms with Crippen LogP contribution in [0.2, 0.25) is 5.02 Å². The van der Waals surface area contributed by atoms with Crippen LogP contribution in [0.1, 0.15) is 36.8 Å². The van der Waals surface area contributed by atoms with Crippen molar-refractivity contribution in [3.8, 4) is 5.75 Å². The maximum absolute atomic E-state index is 6.26. The molecule has 20 heavy (non-hydrogen) atoms. The number of nitrogens with two attached hydrogens (primary N) is 1. The third kappa shape index (κ3) is 3.14. The Morgan fingerprint density at radius 2 is 2.20 bits per heavy atom. The average Bonchev–Trinajstić information content (AvgIpc) is 2.72. The minimum atomic E-state index is -0.00875. The zero-order valence-corrected chi connectivity index (χ0v) is 12.8. The highest BCUT2D eigenvalue weighted by Gasteiger charge is 2.13. The van der Waals surface area contributed by atoms with E-state index in [1.807, 2.05) is 49.7 Å². The predicted molar refractivity (Wildman–Crippen MR) is 81.0 cm³/mol. The van der Waals surface area contributed by atoms with E-state index in [9.17, 15) is 0 Å².